The van der Waals surface area contributed by atoms with Crippen molar-refractivity contribution >= 4 is 66.3 Å². The molecule has 0 fully saturated rings. The number of hydrogen-bond acceptors (Lipinski definition) is 6. The summed E-state index contributed by atoms with van der Waals surface area (Å²) in [7, 11) is 0. The quantitative estimate of drug-likeness (QED) is 0.119. The van der Waals surface area contributed by atoms with Crippen molar-refractivity contribution < 1.29 is 9.66 Å². The van der Waals surface area contributed by atoms with Crippen molar-refractivity contribution in [2.45, 2.75) is 26.4 Å². The van der Waals surface area contributed by atoms with Gasteiger partial charge < -0.3 is 4.74 Å². The first-order chi connectivity index (χ1) is 17.3. The summed E-state index contributed by atoms with van der Waals surface area (Å²) in [5.74, 6) is 0.596. The van der Waals surface area contributed by atoms with E-state index in [4.69, 9.17) is 16.3 Å². The molecule has 4 aromatic rings. The maximum atomic E-state index is 13.2. The number of rotatable bonds is 8. The molecule has 184 valence electrons. The predicted molar refractivity (Wildman–Crippen MR) is 147 cm³/mol. The Labute approximate surface area is 228 Å². The van der Waals surface area contributed by atoms with Gasteiger partial charge in [-0.25, -0.2) is 4.98 Å². The second kappa shape index (κ2) is 11.3. The number of ether oxygens (including phenoxy) is 1. The Morgan fingerprint density at radius 3 is 2.61 bits per heavy atom. The molecule has 0 bridgehead atoms. The van der Waals surface area contributed by atoms with Gasteiger partial charge >= 0.3 is 5.69 Å². The molecule has 0 saturated carbocycles. The van der Waals surface area contributed by atoms with E-state index in [1.165, 1.54) is 17.0 Å². The normalized spacial score (nSPS) is 11.3. The summed E-state index contributed by atoms with van der Waals surface area (Å²) >= 11 is 12.7. The lowest BCUT2D eigenvalue weighted by Crippen LogP contribution is -2.22. The van der Waals surface area contributed by atoms with E-state index in [1.807, 2.05) is 13.0 Å². The Hall–Kier alpha value is -3.08. The molecule has 0 spiro atoms. The molecular weight excluding hydrogens is 616 g/mol. The van der Waals surface area contributed by atoms with Gasteiger partial charge in [-0.15, -0.1) is 0 Å². The third-order valence-corrected chi connectivity index (χ3v) is 6.54. The summed E-state index contributed by atoms with van der Waals surface area (Å²) in [4.78, 5) is 29.1. The lowest BCUT2D eigenvalue weighted by Gasteiger charge is -2.11. The zero-order valence-electron chi connectivity index (χ0n) is 19.0. The van der Waals surface area contributed by atoms with Crippen LogP contribution in [0.4, 0.5) is 5.69 Å². The maximum absolute atomic E-state index is 13.2. The number of benzene rings is 3. The lowest BCUT2D eigenvalue weighted by molar-refractivity contribution is -0.386. The maximum Gasteiger partial charge on any atom is 0.312 e. The zero-order valence-corrected chi connectivity index (χ0v) is 22.9. The number of hydrogen-bond donors (Lipinski definition) is 0. The van der Waals surface area contributed by atoms with Gasteiger partial charge in [0.2, 0.25) is 5.75 Å². The van der Waals surface area contributed by atoms with E-state index in [0.29, 0.717) is 38.2 Å². The Morgan fingerprint density at radius 2 is 1.92 bits per heavy atom. The van der Waals surface area contributed by atoms with E-state index >= 15 is 0 Å². The van der Waals surface area contributed by atoms with Crippen LogP contribution >= 0.6 is 43.5 Å². The molecule has 1 aromatic heterocycles. The minimum atomic E-state index is -0.525. The zero-order chi connectivity index (χ0) is 25.8. The number of halogens is 3. The minimum Gasteiger partial charge on any atom is -0.481 e. The Balaban J connectivity index is 1.70. The molecule has 1 heterocycles. The first kappa shape index (κ1) is 26.0. The molecule has 0 saturated heterocycles. The van der Waals surface area contributed by atoms with E-state index < -0.39 is 4.92 Å². The predicted octanol–water partition coefficient (Wildman–Crippen LogP) is 6.90. The van der Waals surface area contributed by atoms with Crippen LogP contribution in [0, 0.1) is 10.1 Å². The van der Waals surface area contributed by atoms with Crippen molar-refractivity contribution in [3.05, 3.63) is 106 Å². The van der Waals surface area contributed by atoms with Gasteiger partial charge in [-0.05, 0) is 64.3 Å². The number of aromatic nitrogens is 2. The van der Waals surface area contributed by atoms with Gasteiger partial charge in [-0.3, -0.25) is 14.9 Å². The molecule has 0 unspecified atom stereocenters. The Kier molecular flexibility index (Phi) is 8.17. The van der Waals surface area contributed by atoms with E-state index in [-0.39, 0.29) is 23.6 Å². The van der Waals surface area contributed by atoms with E-state index in [0.717, 1.165) is 16.5 Å². The van der Waals surface area contributed by atoms with Crippen LogP contribution < -0.4 is 10.3 Å². The fraction of sp³-hybridized carbons (Fsp3) is 0.160. The number of fused-ring (bicyclic) bond motifs is 1. The fourth-order valence-corrected chi connectivity index (χ4v) is 4.58. The van der Waals surface area contributed by atoms with Crippen molar-refractivity contribution in [3.63, 3.8) is 0 Å². The van der Waals surface area contributed by atoms with Crippen LogP contribution in [-0.4, -0.2) is 20.8 Å². The monoisotopic (exact) mass is 632 g/mol. The first-order valence-electron chi connectivity index (χ1n) is 10.9. The van der Waals surface area contributed by atoms with E-state index in [9.17, 15) is 14.9 Å². The number of nitro groups is 1. The highest BCUT2D eigenvalue weighted by atomic mass is 79.9. The standard InChI is InChI=1S/C25H19Br2ClN4O4/c1-2-3-23-30-21-9-6-17(26)12-19(21)25(33)31(23)29-13-16-10-20(27)24(22(11-16)32(34)35)36-14-15-4-7-18(28)8-5-15/h4-13H,2-3,14H2,1H3. The van der Waals surface area contributed by atoms with Gasteiger partial charge in [0.05, 0.1) is 26.5 Å². The van der Waals surface area contributed by atoms with Crippen LogP contribution in [0.2, 0.25) is 5.02 Å². The number of nitrogens with zero attached hydrogens (tertiary/aromatic N) is 4. The van der Waals surface area contributed by atoms with E-state index in [1.54, 1.807) is 42.5 Å². The summed E-state index contributed by atoms with van der Waals surface area (Å²) in [6.07, 6.45) is 2.70. The summed E-state index contributed by atoms with van der Waals surface area (Å²) < 4.78 is 8.13. The lowest BCUT2D eigenvalue weighted by atomic mass is 10.2. The average Bonchev–Trinajstić information content (AvgIpc) is 2.84. The summed E-state index contributed by atoms with van der Waals surface area (Å²) in [6, 6.07) is 15.3. The molecule has 36 heavy (non-hydrogen) atoms. The van der Waals surface area contributed by atoms with Crippen LogP contribution in [0.3, 0.4) is 0 Å². The minimum absolute atomic E-state index is 0.0909. The Bertz CT molecular complexity index is 1540. The van der Waals surface area contributed by atoms with Crippen molar-refractivity contribution in [3.8, 4) is 5.75 Å². The van der Waals surface area contributed by atoms with E-state index in [2.05, 4.69) is 41.9 Å². The Morgan fingerprint density at radius 1 is 1.17 bits per heavy atom. The van der Waals surface area contributed by atoms with Crippen LogP contribution in [0.15, 0.2) is 73.4 Å². The van der Waals surface area contributed by atoms with Gasteiger partial charge in [-0.1, -0.05) is 46.6 Å². The highest BCUT2D eigenvalue weighted by molar-refractivity contribution is 9.10. The van der Waals surface area contributed by atoms with Crippen LogP contribution in [0.1, 0.15) is 30.3 Å². The molecule has 0 aliphatic rings. The summed E-state index contributed by atoms with van der Waals surface area (Å²) in [5, 5.41) is 17.2. The van der Waals surface area contributed by atoms with Gasteiger partial charge in [0.1, 0.15) is 12.4 Å². The molecule has 11 heteroatoms. The second-order valence-electron chi connectivity index (χ2n) is 7.82. The van der Waals surface area contributed by atoms with Crippen molar-refractivity contribution in [1.82, 2.24) is 9.66 Å². The average molecular weight is 635 g/mol. The molecule has 0 atom stereocenters. The molecule has 0 amide bonds. The van der Waals surface area contributed by atoms with Gasteiger partial charge in [0.15, 0.2) is 0 Å². The van der Waals surface area contributed by atoms with Crippen LogP contribution in [-0.2, 0) is 13.0 Å². The molecule has 0 aliphatic heterocycles. The topological polar surface area (TPSA) is 99.6 Å². The second-order valence-corrected chi connectivity index (χ2v) is 10.0. The summed E-state index contributed by atoms with van der Waals surface area (Å²) in [5.41, 5.74) is 1.25. The molecule has 3 aromatic carbocycles. The molecular formula is C25H19Br2ClN4O4. The third-order valence-electron chi connectivity index (χ3n) is 5.21. The number of nitro benzene ring substituents is 1. The van der Waals surface area contributed by atoms with Gasteiger partial charge in [-0.2, -0.15) is 9.78 Å². The van der Waals surface area contributed by atoms with Gasteiger partial charge in [0.25, 0.3) is 5.56 Å². The molecule has 0 aliphatic carbocycles. The largest absolute Gasteiger partial charge is 0.481 e. The molecule has 0 N–H and O–H groups in total. The molecule has 0 radical (unpaired) electrons. The molecule has 8 nitrogen and oxygen atoms in total. The highest BCUT2D eigenvalue weighted by Crippen LogP contribution is 2.36. The van der Waals surface area contributed by atoms with Gasteiger partial charge in [0, 0.05) is 27.5 Å². The van der Waals surface area contributed by atoms with Crippen molar-refractivity contribution in [2.75, 3.05) is 0 Å². The highest BCUT2D eigenvalue weighted by Gasteiger charge is 2.20. The number of aryl methyl sites for hydroxylation is 1. The van der Waals surface area contributed by atoms with Crippen molar-refractivity contribution in [2.24, 2.45) is 5.10 Å². The van der Waals surface area contributed by atoms with Crippen LogP contribution in [0.25, 0.3) is 10.9 Å². The first-order valence-corrected chi connectivity index (χ1v) is 12.8. The summed E-state index contributed by atoms with van der Waals surface area (Å²) in [6.45, 7) is 2.10. The van der Waals surface area contributed by atoms with Crippen molar-refractivity contribution in [1.29, 1.82) is 0 Å². The smallest absolute Gasteiger partial charge is 0.312 e. The third kappa shape index (κ3) is 5.83. The fourth-order valence-electron chi connectivity index (χ4n) is 3.51. The van der Waals surface area contributed by atoms with Crippen LogP contribution in [0.5, 0.6) is 5.75 Å². The molecule has 4 rings (SSSR count). The SMILES string of the molecule is CCCc1nc2ccc(Br)cc2c(=O)n1N=Cc1cc(Br)c(OCc2ccc(Cl)cc2)c([N+](=O)[O-])c1.